The summed E-state index contributed by atoms with van der Waals surface area (Å²) < 4.78 is 32.0. The summed E-state index contributed by atoms with van der Waals surface area (Å²) in [4.78, 5) is 0. The van der Waals surface area contributed by atoms with Gasteiger partial charge in [0.2, 0.25) is 0 Å². The highest BCUT2D eigenvalue weighted by Crippen LogP contribution is 2.20. The van der Waals surface area contributed by atoms with Crippen LogP contribution in [0.5, 0.6) is 5.75 Å². The van der Waals surface area contributed by atoms with Crippen LogP contribution in [0.1, 0.15) is 11.1 Å². The van der Waals surface area contributed by atoms with Gasteiger partial charge in [0, 0.05) is 16.7 Å². The fraction of sp³-hybridized carbons (Fsp3) is 0.143. The van der Waals surface area contributed by atoms with Gasteiger partial charge < -0.3 is 9.84 Å². The molecule has 0 aromatic heterocycles. The molecule has 0 aliphatic rings. The Morgan fingerprint density at radius 3 is 2.58 bits per heavy atom. The molecule has 0 radical (unpaired) electrons. The molecule has 0 aliphatic carbocycles. The van der Waals surface area contributed by atoms with Crippen molar-refractivity contribution in [3.05, 3.63) is 64.2 Å². The molecule has 0 aliphatic heterocycles. The van der Waals surface area contributed by atoms with Crippen LogP contribution in [0.25, 0.3) is 0 Å². The zero-order chi connectivity index (χ0) is 13.8. The Morgan fingerprint density at radius 2 is 1.89 bits per heavy atom. The van der Waals surface area contributed by atoms with Gasteiger partial charge in [0.25, 0.3) is 0 Å². The number of halogens is 3. The van der Waals surface area contributed by atoms with Crippen molar-refractivity contribution in [2.45, 2.75) is 13.2 Å². The van der Waals surface area contributed by atoms with Gasteiger partial charge in [-0.2, -0.15) is 0 Å². The summed E-state index contributed by atoms with van der Waals surface area (Å²) in [7, 11) is 0. The zero-order valence-corrected chi connectivity index (χ0v) is 10.6. The SMILES string of the molecule is OCc1cc(F)cc(OCc2ccc(Cl)cc2F)c1. The van der Waals surface area contributed by atoms with E-state index in [9.17, 15) is 8.78 Å². The van der Waals surface area contributed by atoms with Crippen LogP contribution in [0, 0.1) is 11.6 Å². The van der Waals surface area contributed by atoms with Crippen LogP contribution in [0.3, 0.4) is 0 Å². The molecular formula is C14H11ClF2O2. The first-order chi connectivity index (χ1) is 9.08. The lowest BCUT2D eigenvalue weighted by atomic mass is 10.2. The molecule has 2 aromatic carbocycles. The van der Waals surface area contributed by atoms with Crippen LogP contribution in [-0.2, 0) is 13.2 Å². The maximum atomic E-state index is 13.5. The number of benzene rings is 2. The minimum Gasteiger partial charge on any atom is -0.489 e. The first kappa shape index (κ1) is 13.8. The summed E-state index contributed by atoms with van der Waals surface area (Å²) in [6, 6.07) is 8.11. The Morgan fingerprint density at radius 1 is 1.11 bits per heavy atom. The highest BCUT2D eigenvalue weighted by atomic mass is 35.5. The average Bonchev–Trinajstić information content (AvgIpc) is 2.37. The Hall–Kier alpha value is -1.65. The minimum atomic E-state index is -0.516. The first-order valence-corrected chi connectivity index (χ1v) is 5.93. The van der Waals surface area contributed by atoms with Gasteiger partial charge in [0.05, 0.1) is 6.61 Å². The third kappa shape index (κ3) is 3.66. The van der Waals surface area contributed by atoms with E-state index in [-0.39, 0.29) is 19.0 Å². The monoisotopic (exact) mass is 284 g/mol. The molecule has 0 fully saturated rings. The van der Waals surface area contributed by atoms with Crippen molar-refractivity contribution in [2.75, 3.05) is 0 Å². The van der Waals surface area contributed by atoms with E-state index >= 15 is 0 Å². The van der Waals surface area contributed by atoms with Gasteiger partial charge >= 0.3 is 0 Å². The number of aliphatic hydroxyl groups is 1. The lowest BCUT2D eigenvalue weighted by molar-refractivity contribution is 0.275. The van der Waals surface area contributed by atoms with E-state index in [4.69, 9.17) is 21.4 Å². The molecule has 2 rings (SSSR count). The predicted octanol–water partition coefficient (Wildman–Crippen LogP) is 3.69. The fourth-order valence-electron chi connectivity index (χ4n) is 1.60. The second-order valence-corrected chi connectivity index (χ2v) is 4.41. The van der Waals surface area contributed by atoms with Crippen molar-refractivity contribution in [3.63, 3.8) is 0 Å². The van der Waals surface area contributed by atoms with Crippen molar-refractivity contribution in [1.82, 2.24) is 0 Å². The van der Waals surface area contributed by atoms with E-state index in [0.29, 0.717) is 16.1 Å². The normalized spacial score (nSPS) is 10.5. The van der Waals surface area contributed by atoms with Gasteiger partial charge in [-0.25, -0.2) is 8.78 Å². The Kier molecular flexibility index (Phi) is 4.35. The molecule has 0 amide bonds. The molecule has 19 heavy (non-hydrogen) atoms. The highest BCUT2D eigenvalue weighted by molar-refractivity contribution is 6.30. The first-order valence-electron chi connectivity index (χ1n) is 5.55. The number of hydrogen-bond donors (Lipinski definition) is 1. The smallest absolute Gasteiger partial charge is 0.131 e. The molecule has 0 atom stereocenters. The summed E-state index contributed by atoms with van der Waals surface area (Å²) in [5, 5.41) is 9.25. The number of hydrogen-bond acceptors (Lipinski definition) is 2. The molecule has 0 saturated carbocycles. The summed E-state index contributed by atoms with van der Waals surface area (Å²) >= 11 is 5.64. The molecule has 2 nitrogen and oxygen atoms in total. The second-order valence-electron chi connectivity index (χ2n) is 3.98. The zero-order valence-electron chi connectivity index (χ0n) is 9.87. The number of rotatable bonds is 4. The van der Waals surface area contributed by atoms with Crippen molar-refractivity contribution in [2.24, 2.45) is 0 Å². The molecule has 5 heteroatoms. The van der Waals surface area contributed by atoms with Crippen LogP contribution in [0.4, 0.5) is 8.78 Å². The molecule has 0 spiro atoms. The molecular weight excluding hydrogens is 274 g/mol. The van der Waals surface area contributed by atoms with Crippen molar-refractivity contribution in [1.29, 1.82) is 0 Å². The van der Waals surface area contributed by atoms with Gasteiger partial charge in [0.1, 0.15) is 24.0 Å². The van der Waals surface area contributed by atoms with Gasteiger partial charge in [-0.3, -0.25) is 0 Å². The summed E-state index contributed by atoms with van der Waals surface area (Å²) in [5.41, 5.74) is 0.714. The fourth-order valence-corrected chi connectivity index (χ4v) is 1.75. The standard InChI is InChI=1S/C14H11ClF2O2/c15-11-2-1-10(14(17)5-11)8-19-13-4-9(7-18)3-12(16)6-13/h1-6,18H,7-8H2. The lowest BCUT2D eigenvalue weighted by Crippen LogP contribution is -1.99. The van der Waals surface area contributed by atoms with Crippen LogP contribution >= 0.6 is 11.6 Å². The minimum absolute atomic E-state index is 0.0443. The Bertz CT molecular complexity index is 588. The molecule has 2 aromatic rings. The Labute approximate surface area is 114 Å². The maximum Gasteiger partial charge on any atom is 0.131 e. The van der Waals surface area contributed by atoms with Gasteiger partial charge in [0.15, 0.2) is 0 Å². The number of aliphatic hydroxyl groups excluding tert-OH is 1. The predicted molar refractivity (Wildman–Crippen MR) is 68.1 cm³/mol. The quantitative estimate of drug-likeness (QED) is 0.928. The lowest BCUT2D eigenvalue weighted by Gasteiger charge is -2.09. The average molecular weight is 285 g/mol. The Balaban J connectivity index is 2.12. The second kappa shape index (κ2) is 5.99. The molecule has 0 unspecified atom stereocenters. The third-order valence-electron chi connectivity index (χ3n) is 2.52. The van der Waals surface area contributed by atoms with E-state index in [2.05, 4.69) is 0 Å². The molecule has 0 bridgehead atoms. The van der Waals surface area contributed by atoms with Crippen LogP contribution in [0.2, 0.25) is 5.02 Å². The van der Waals surface area contributed by atoms with Gasteiger partial charge in [-0.15, -0.1) is 0 Å². The van der Waals surface area contributed by atoms with Crippen molar-refractivity contribution < 1.29 is 18.6 Å². The molecule has 0 saturated heterocycles. The third-order valence-corrected chi connectivity index (χ3v) is 2.76. The van der Waals surface area contributed by atoms with E-state index in [0.717, 1.165) is 0 Å². The summed E-state index contributed by atoms with van der Waals surface area (Å²) in [6.45, 7) is -0.333. The van der Waals surface area contributed by atoms with Crippen LogP contribution in [0.15, 0.2) is 36.4 Å². The van der Waals surface area contributed by atoms with E-state index in [1.165, 1.54) is 30.3 Å². The van der Waals surface area contributed by atoms with E-state index < -0.39 is 11.6 Å². The van der Waals surface area contributed by atoms with E-state index in [1.54, 1.807) is 6.07 Å². The highest BCUT2D eigenvalue weighted by Gasteiger charge is 2.06. The van der Waals surface area contributed by atoms with Crippen molar-refractivity contribution >= 4 is 11.6 Å². The summed E-state index contributed by atoms with van der Waals surface area (Å²) in [6.07, 6.45) is 0. The largest absolute Gasteiger partial charge is 0.489 e. The van der Waals surface area contributed by atoms with Crippen LogP contribution in [-0.4, -0.2) is 5.11 Å². The molecule has 100 valence electrons. The number of ether oxygens (including phenoxy) is 1. The van der Waals surface area contributed by atoms with Gasteiger partial charge in [-0.1, -0.05) is 17.7 Å². The van der Waals surface area contributed by atoms with Gasteiger partial charge in [-0.05, 0) is 29.8 Å². The molecule has 1 N–H and O–H groups in total. The summed E-state index contributed by atoms with van der Waals surface area (Å²) in [5.74, 6) is -0.761. The molecule has 0 heterocycles. The maximum absolute atomic E-state index is 13.5. The van der Waals surface area contributed by atoms with Crippen LogP contribution < -0.4 is 4.74 Å². The van der Waals surface area contributed by atoms with E-state index in [1.807, 2.05) is 0 Å². The van der Waals surface area contributed by atoms with Crippen molar-refractivity contribution in [3.8, 4) is 5.75 Å². The topological polar surface area (TPSA) is 29.5 Å².